The first-order valence-electron chi connectivity index (χ1n) is 5.72. The standard InChI is InChI=1S/C14H17NO2/c1-9(2)14(16)12-8-15(3)13-7-10(17-4)5-6-11(12)13/h5-9H,1-4H3. The van der Waals surface area contributed by atoms with Crippen molar-refractivity contribution in [2.24, 2.45) is 13.0 Å². The molecule has 0 fully saturated rings. The lowest BCUT2D eigenvalue weighted by atomic mass is 10.0. The summed E-state index contributed by atoms with van der Waals surface area (Å²) in [6.07, 6.45) is 1.90. The van der Waals surface area contributed by atoms with Crippen LogP contribution in [0, 0.1) is 5.92 Å². The Morgan fingerprint density at radius 2 is 2.06 bits per heavy atom. The second kappa shape index (κ2) is 4.24. The summed E-state index contributed by atoms with van der Waals surface area (Å²) in [5.41, 5.74) is 1.81. The molecule has 0 aliphatic carbocycles. The van der Waals surface area contributed by atoms with E-state index in [0.717, 1.165) is 22.2 Å². The van der Waals surface area contributed by atoms with E-state index in [1.165, 1.54) is 0 Å². The first kappa shape index (κ1) is 11.7. The average Bonchev–Trinajstić information content (AvgIpc) is 2.65. The summed E-state index contributed by atoms with van der Waals surface area (Å²) in [6, 6.07) is 5.79. The van der Waals surface area contributed by atoms with Gasteiger partial charge in [0.05, 0.1) is 12.6 Å². The van der Waals surface area contributed by atoms with E-state index < -0.39 is 0 Å². The van der Waals surface area contributed by atoms with Gasteiger partial charge in [-0.2, -0.15) is 0 Å². The van der Waals surface area contributed by atoms with Crippen LogP contribution in [0.25, 0.3) is 10.9 Å². The summed E-state index contributed by atoms with van der Waals surface area (Å²) in [5.74, 6) is 1.01. The first-order chi connectivity index (χ1) is 8.04. The van der Waals surface area contributed by atoms with E-state index in [-0.39, 0.29) is 11.7 Å². The van der Waals surface area contributed by atoms with Gasteiger partial charge >= 0.3 is 0 Å². The number of hydrogen-bond donors (Lipinski definition) is 0. The predicted molar refractivity (Wildman–Crippen MR) is 68.6 cm³/mol. The molecule has 2 rings (SSSR count). The summed E-state index contributed by atoms with van der Waals surface area (Å²) >= 11 is 0. The van der Waals surface area contributed by atoms with Crippen LogP contribution in [0.15, 0.2) is 24.4 Å². The Morgan fingerprint density at radius 3 is 2.65 bits per heavy atom. The highest BCUT2D eigenvalue weighted by atomic mass is 16.5. The third kappa shape index (κ3) is 1.93. The van der Waals surface area contributed by atoms with Crippen molar-refractivity contribution in [1.29, 1.82) is 0 Å². The number of Topliss-reactive ketones (excluding diaryl/α,β-unsaturated/α-hetero) is 1. The molecular weight excluding hydrogens is 214 g/mol. The van der Waals surface area contributed by atoms with Gasteiger partial charge in [0, 0.05) is 36.2 Å². The molecule has 1 heterocycles. The summed E-state index contributed by atoms with van der Waals surface area (Å²) in [5, 5.41) is 0.993. The maximum atomic E-state index is 12.1. The van der Waals surface area contributed by atoms with Crippen molar-refractivity contribution in [1.82, 2.24) is 4.57 Å². The second-order valence-electron chi connectivity index (χ2n) is 4.56. The normalized spacial score (nSPS) is 11.1. The van der Waals surface area contributed by atoms with Crippen molar-refractivity contribution in [3.8, 4) is 5.75 Å². The topological polar surface area (TPSA) is 31.2 Å². The van der Waals surface area contributed by atoms with Crippen LogP contribution in [-0.2, 0) is 7.05 Å². The third-order valence-electron chi connectivity index (χ3n) is 2.99. The van der Waals surface area contributed by atoms with Gasteiger partial charge in [-0.15, -0.1) is 0 Å². The Kier molecular flexibility index (Phi) is 2.92. The number of hydrogen-bond acceptors (Lipinski definition) is 2. The molecule has 0 N–H and O–H groups in total. The molecule has 0 radical (unpaired) electrons. The number of carbonyl (C=O) groups excluding carboxylic acids is 1. The fourth-order valence-electron chi connectivity index (χ4n) is 2.00. The highest BCUT2D eigenvalue weighted by Gasteiger charge is 2.16. The van der Waals surface area contributed by atoms with Crippen LogP contribution in [0.4, 0.5) is 0 Å². The van der Waals surface area contributed by atoms with E-state index in [1.807, 2.05) is 49.9 Å². The summed E-state index contributed by atoms with van der Waals surface area (Å²) in [6.45, 7) is 3.84. The van der Waals surface area contributed by atoms with E-state index >= 15 is 0 Å². The van der Waals surface area contributed by atoms with Crippen LogP contribution in [-0.4, -0.2) is 17.5 Å². The van der Waals surface area contributed by atoms with Crippen molar-refractivity contribution in [2.75, 3.05) is 7.11 Å². The van der Waals surface area contributed by atoms with Gasteiger partial charge in [0.2, 0.25) is 0 Å². The smallest absolute Gasteiger partial charge is 0.167 e. The SMILES string of the molecule is COc1ccc2c(C(=O)C(C)C)cn(C)c2c1. The summed E-state index contributed by atoms with van der Waals surface area (Å²) < 4.78 is 7.16. The van der Waals surface area contributed by atoms with E-state index in [0.29, 0.717) is 0 Å². The quantitative estimate of drug-likeness (QED) is 0.760. The van der Waals surface area contributed by atoms with Crippen LogP contribution in [0.3, 0.4) is 0 Å². The number of ether oxygens (including phenoxy) is 1. The van der Waals surface area contributed by atoms with E-state index in [1.54, 1.807) is 7.11 Å². The van der Waals surface area contributed by atoms with Gasteiger partial charge in [-0.1, -0.05) is 13.8 Å². The third-order valence-corrected chi connectivity index (χ3v) is 2.99. The number of aryl methyl sites for hydroxylation is 1. The van der Waals surface area contributed by atoms with Gasteiger partial charge in [-0.25, -0.2) is 0 Å². The maximum Gasteiger partial charge on any atom is 0.167 e. The molecule has 0 atom stereocenters. The van der Waals surface area contributed by atoms with Crippen LogP contribution in [0.2, 0.25) is 0 Å². The molecule has 3 heteroatoms. The lowest BCUT2D eigenvalue weighted by Crippen LogP contribution is -2.06. The van der Waals surface area contributed by atoms with Gasteiger partial charge in [0.25, 0.3) is 0 Å². The highest BCUT2D eigenvalue weighted by molar-refractivity contribution is 6.09. The molecule has 0 amide bonds. The van der Waals surface area contributed by atoms with E-state index in [9.17, 15) is 4.79 Å². The molecule has 0 saturated heterocycles. The van der Waals surface area contributed by atoms with Gasteiger partial charge < -0.3 is 9.30 Å². The molecule has 0 aliphatic rings. The summed E-state index contributed by atoms with van der Waals surface area (Å²) in [7, 11) is 3.59. The van der Waals surface area contributed by atoms with Crippen LogP contribution < -0.4 is 4.74 Å². The highest BCUT2D eigenvalue weighted by Crippen LogP contribution is 2.26. The minimum absolute atomic E-state index is 0.0164. The van der Waals surface area contributed by atoms with Gasteiger partial charge in [-0.05, 0) is 12.1 Å². The first-order valence-corrected chi connectivity index (χ1v) is 5.72. The fraction of sp³-hybridized carbons (Fsp3) is 0.357. The van der Waals surface area contributed by atoms with E-state index in [2.05, 4.69) is 0 Å². The number of ketones is 1. The Morgan fingerprint density at radius 1 is 1.35 bits per heavy atom. The molecule has 90 valence electrons. The number of aromatic nitrogens is 1. The number of rotatable bonds is 3. The molecule has 17 heavy (non-hydrogen) atoms. The van der Waals surface area contributed by atoms with Crippen LogP contribution >= 0.6 is 0 Å². The Bertz CT molecular complexity index is 567. The van der Waals surface area contributed by atoms with Crippen molar-refractivity contribution < 1.29 is 9.53 Å². The average molecular weight is 231 g/mol. The molecule has 1 aromatic heterocycles. The Balaban J connectivity index is 2.64. The second-order valence-corrected chi connectivity index (χ2v) is 4.56. The monoisotopic (exact) mass is 231 g/mol. The van der Waals surface area contributed by atoms with Gasteiger partial charge in [-0.3, -0.25) is 4.79 Å². The van der Waals surface area contributed by atoms with Crippen molar-refractivity contribution in [3.05, 3.63) is 30.0 Å². The minimum atomic E-state index is 0.0164. The zero-order valence-corrected chi connectivity index (χ0v) is 10.7. The van der Waals surface area contributed by atoms with Crippen LogP contribution in [0.1, 0.15) is 24.2 Å². The van der Waals surface area contributed by atoms with Crippen molar-refractivity contribution >= 4 is 16.7 Å². The zero-order valence-electron chi connectivity index (χ0n) is 10.7. The maximum absolute atomic E-state index is 12.1. The molecule has 0 saturated carbocycles. The molecule has 2 aromatic rings. The Hall–Kier alpha value is -1.77. The lowest BCUT2D eigenvalue weighted by Gasteiger charge is -2.03. The zero-order chi connectivity index (χ0) is 12.6. The predicted octanol–water partition coefficient (Wildman–Crippen LogP) is 3.03. The molecule has 0 unspecified atom stereocenters. The minimum Gasteiger partial charge on any atom is -0.497 e. The molecular formula is C14H17NO2. The van der Waals surface area contributed by atoms with Crippen molar-refractivity contribution in [2.45, 2.75) is 13.8 Å². The molecule has 0 spiro atoms. The molecule has 0 aliphatic heterocycles. The van der Waals surface area contributed by atoms with Gasteiger partial charge in [0.1, 0.15) is 5.75 Å². The molecule has 1 aromatic carbocycles. The number of carbonyl (C=O) groups is 1. The lowest BCUT2D eigenvalue weighted by molar-refractivity contribution is 0.0941. The number of benzene rings is 1. The van der Waals surface area contributed by atoms with E-state index in [4.69, 9.17) is 4.74 Å². The van der Waals surface area contributed by atoms with Crippen molar-refractivity contribution in [3.63, 3.8) is 0 Å². The fourth-order valence-corrected chi connectivity index (χ4v) is 2.00. The Labute approximate surface area is 101 Å². The van der Waals surface area contributed by atoms with Gasteiger partial charge in [0.15, 0.2) is 5.78 Å². The summed E-state index contributed by atoms with van der Waals surface area (Å²) in [4.78, 5) is 12.1. The largest absolute Gasteiger partial charge is 0.497 e. The molecule has 0 bridgehead atoms. The number of methoxy groups -OCH3 is 1. The number of nitrogens with zero attached hydrogens (tertiary/aromatic N) is 1. The number of fused-ring (bicyclic) bond motifs is 1. The molecule has 3 nitrogen and oxygen atoms in total. The van der Waals surface area contributed by atoms with Crippen LogP contribution in [0.5, 0.6) is 5.75 Å².